The van der Waals surface area contributed by atoms with Gasteiger partial charge in [0.25, 0.3) is 0 Å². The lowest BCUT2D eigenvalue weighted by molar-refractivity contribution is -0.384. The van der Waals surface area contributed by atoms with Crippen LogP contribution in [0.1, 0.15) is 0 Å². The Morgan fingerprint density at radius 1 is 1.32 bits per heavy atom. The zero-order valence-corrected chi connectivity index (χ0v) is 9.86. The van der Waals surface area contributed by atoms with Gasteiger partial charge in [0, 0.05) is 0 Å². The number of halogens is 3. The summed E-state index contributed by atoms with van der Waals surface area (Å²) in [6.45, 7) is 0. The Morgan fingerprint density at radius 3 is 2.53 bits per heavy atom. The topological polar surface area (TPSA) is 81.0 Å². The molecule has 0 radical (unpaired) electrons. The average molecular weight is 287 g/mol. The standard InChI is InChI=1S/C10H5ClF2N4O2/c11-10-14-4-7(17(18)19)9(16-10)15-8-5(12)2-1-3-6(8)13/h1-4H,(H,14,15,16). The molecule has 98 valence electrons. The minimum Gasteiger partial charge on any atom is -0.330 e. The molecule has 0 unspecified atom stereocenters. The van der Waals surface area contributed by atoms with Crippen molar-refractivity contribution in [3.63, 3.8) is 0 Å². The van der Waals surface area contributed by atoms with Crippen LogP contribution in [0.2, 0.25) is 5.28 Å². The Hall–Kier alpha value is -2.35. The Labute approximate surface area is 110 Å². The first-order valence-electron chi connectivity index (χ1n) is 4.87. The fraction of sp³-hybridized carbons (Fsp3) is 0. The van der Waals surface area contributed by atoms with E-state index in [-0.39, 0.29) is 5.28 Å². The molecule has 1 aromatic carbocycles. The molecule has 1 heterocycles. The Kier molecular flexibility index (Phi) is 3.52. The largest absolute Gasteiger partial charge is 0.330 e. The molecule has 0 saturated carbocycles. The Bertz CT molecular complexity index is 633. The van der Waals surface area contributed by atoms with Gasteiger partial charge in [0.15, 0.2) is 0 Å². The van der Waals surface area contributed by atoms with Crippen LogP contribution in [0.3, 0.4) is 0 Å². The lowest BCUT2D eigenvalue weighted by atomic mass is 10.3. The zero-order chi connectivity index (χ0) is 14.0. The highest BCUT2D eigenvalue weighted by molar-refractivity contribution is 6.28. The van der Waals surface area contributed by atoms with Crippen molar-refractivity contribution in [1.82, 2.24) is 9.97 Å². The van der Waals surface area contributed by atoms with Crippen LogP contribution in [-0.2, 0) is 0 Å². The average Bonchev–Trinajstić information content (AvgIpc) is 2.33. The number of hydrogen-bond acceptors (Lipinski definition) is 5. The molecular formula is C10H5ClF2N4O2. The van der Waals surface area contributed by atoms with Gasteiger partial charge in [-0.15, -0.1) is 0 Å². The molecule has 0 fully saturated rings. The third kappa shape index (κ3) is 2.74. The van der Waals surface area contributed by atoms with Crippen molar-refractivity contribution in [3.8, 4) is 0 Å². The number of hydrogen-bond donors (Lipinski definition) is 1. The van der Waals surface area contributed by atoms with E-state index in [0.29, 0.717) is 0 Å². The zero-order valence-electron chi connectivity index (χ0n) is 9.10. The number of nitro groups is 1. The van der Waals surface area contributed by atoms with Gasteiger partial charge >= 0.3 is 5.69 Å². The van der Waals surface area contributed by atoms with E-state index in [1.807, 2.05) is 0 Å². The fourth-order valence-electron chi connectivity index (χ4n) is 1.32. The summed E-state index contributed by atoms with van der Waals surface area (Å²) in [6.07, 6.45) is 0.844. The van der Waals surface area contributed by atoms with Crippen molar-refractivity contribution in [2.75, 3.05) is 5.32 Å². The van der Waals surface area contributed by atoms with Crippen molar-refractivity contribution >= 4 is 28.8 Å². The smallest absolute Gasteiger partial charge is 0.329 e. The third-order valence-corrected chi connectivity index (χ3v) is 2.33. The van der Waals surface area contributed by atoms with Crippen molar-refractivity contribution in [1.29, 1.82) is 0 Å². The van der Waals surface area contributed by atoms with E-state index in [0.717, 1.165) is 24.4 Å². The molecule has 0 aliphatic carbocycles. The van der Waals surface area contributed by atoms with Crippen LogP contribution in [-0.4, -0.2) is 14.9 Å². The predicted molar refractivity (Wildman–Crippen MR) is 63.3 cm³/mol. The summed E-state index contributed by atoms with van der Waals surface area (Å²) in [5.74, 6) is -2.22. The maximum absolute atomic E-state index is 13.4. The van der Waals surface area contributed by atoms with Gasteiger partial charge < -0.3 is 5.32 Å². The second-order valence-electron chi connectivity index (χ2n) is 3.35. The maximum Gasteiger partial charge on any atom is 0.329 e. The number of anilines is 2. The minimum absolute atomic E-state index is 0.287. The molecule has 0 aliphatic rings. The van der Waals surface area contributed by atoms with Gasteiger partial charge in [-0.2, -0.15) is 4.98 Å². The lowest BCUT2D eigenvalue weighted by Crippen LogP contribution is -2.04. The summed E-state index contributed by atoms with van der Waals surface area (Å²) in [5, 5.41) is 12.7. The first-order valence-corrected chi connectivity index (χ1v) is 5.25. The number of rotatable bonds is 3. The van der Waals surface area contributed by atoms with Crippen molar-refractivity contribution in [3.05, 3.63) is 51.4 Å². The van der Waals surface area contributed by atoms with Crippen molar-refractivity contribution in [2.45, 2.75) is 0 Å². The summed E-state index contributed by atoms with van der Waals surface area (Å²) >= 11 is 5.49. The number of nitrogens with zero attached hydrogens (tertiary/aromatic N) is 3. The number of benzene rings is 1. The van der Waals surface area contributed by atoms with Crippen LogP contribution < -0.4 is 5.32 Å². The normalized spacial score (nSPS) is 10.3. The molecule has 0 atom stereocenters. The molecule has 19 heavy (non-hydrogen) atoms. The highest BCUT2D eigenvalue weighted by Crippen LogP contribution is 2.28. The minimum atomic E-state index is -0.913. The van der Waals surface area contributed by atoms with E-state index >= 15 is 0 Å². The molecule has 1 N–H and O–H groups in total. The molecular weight excluding hydrogens is 282 g/mol. The van der Waals surface area contributed by atoms with Gasteiger partial charge in [0.05, 0.1) is 4.92 Å². The predicted octanol–water partition coefficient (Wildman–Crippen LogP) is 3.06. The quantitative estimate of drug-likeness (QED) is 0.533. The van der Waals surface area contributed by atoms with E-state index in [1.54, 1.807) is 0 Å². The van der Waals surface area contributed by atoms with Gasteiger partial charge in [-0.1, -0.05) is 6.07 Å². The molecule has 9 heteroatoms. The molecule has 0 amide bonds. The van der Waals surface area contributed by atoms with Crippen LogP contribution in [0.25, 0.3) is 0 Å². The molecule has 2 aromatic rings. The van der Waals surface area contributed by atoms with Crippen LogP contribution in [0.15, 0.2) is 24.4 Å². The van der Waals surface area contributed by atoms with Gasteiger partial charge in [0.1, 0.15) is 23.5 Å². The molecule has 1 aromatic heterocycles. The highest BCUT2D eigenvalue weighted by atomic mass is 35.5. The van der Waals surface area contributed by atoms with E-state index in [1.165, 1.54) is 0 Å². The van der Waals surface area contributed by atoms with Gasteiger partial charge in [-0.05, 0) is 23.7 Å². The Morgan fingerprint density at radius 2 is 1.95 bits per heavy atom. The summed E-state index contributed by atoms with van der Waals surface area (Å²) in [5.41, 5.74) is -1.10. The molecule has 6 nitrogen and oxygen atoms in total. The molecule has 0 bridgehead atoms. The second-order valence-corrected chi connectivity index (χ2v) is 3.69. The second kappa shape index (κ2) is 5.11. The van der Waals surface area contributed by atoms with Gasteiger partial charge in [0.2, 0.25) is 11.1 Å². The number of para-hydroxylation sites is 1. The first kappa shape index (κ1) is 13.1. The highest BCUT2D eigenvalue weighted by Gasteiger charge is 2.19. The first-order chi connectivity index (χ1) is 8.99. The van der Waals surface area contributed by atoms with Gasteiger partial charge in [-0.3, -0.25) is 10.1 Å². The van der Waals surface area contributed by atoms with Crippen molar-refractivity contribution in [2.24, 2.45) is 0 Å². The van der Waals surface area contributed by atoms with E-state index in [2.05, 4.69) is 15.3 Å². The lowest BCUT2D eigenvalue weighted by Gasteiger charge is -2.07. The number of nitrogens with one attached hydrogen (secondary N) is 1. The Balaban J connectivity index is 2.49. The molecule has 0 saturated heterocycles. The maximum atomic E-state index is 13.4. The van der Waals surface area contributed by atoms with Gasteiger partial charge in [-0.25, -0.2) is 13.8 Å². The van der Waals surface area contributed by atoms with Crippen LogP contribution in [0.5, 0.6) is 0 Å². The molecule has 0 spiro atoms. The SMILES string of the molecule is O=[N+]([O-])c1cnc(Cl)nc1Nc1c(F)cccc1F. The van der Waals surface area contributed by atoms with E-state index in [9.17, 15) is 18.9 Å². The van der Waals surface area contributed by atoms with E-state index < -0.39 is 33.8 Å². The monoisotopic (exact) mass is 286 g/mol. The van der Waals surface area contributed by atoms with Crippen LogP contribution in [0, 0.1) is 21.7 Å². The third-order valence-electron chi connectivity index (χ3n) is 2.14. The summed E-state index contributed by atoms with van der Waals surface area (Å²) in [4.78, 5) is 16.9. The fourth-order valence-corrected chi connectivity index (χ4v) is 1.45. The van der Waals surface area contributed by atoms with Crippen molar-refractivity contribution < 1.29 is 13.7 Å². The number of aromatic nitrogens is 2. The summed E-state index contributed by atoms with van der Waals surface area (Å²) in [7, 11) is 0. The summed E-state index contributed by atoms with van der Waals surface area (Å²) < 4.78 is 26.8. The van der Waals surface area contributed by atoms with E-state index in [4.69, 9.17) is 11.6 Å². The van der Waals surface area contributed by atoms with Crippen LogP contribution in [0.4, 0.5) is 26.0 Å². The molecule has 2 rings (SSSR count). The van der Waals surface area contributed by atoms with Crippen LogP contribution >= 0.6 is 11.6 Å². The summed E-state index contributed by atoms with van der Waals surface area (Å²) in [6, 6.07) is 3.16. The molecule has 0 aliphatic heterocycles.